The molecule has 2 heterocycles. The Labute approximate surface area is 195 Å². The number of thioether (sulfide) groups is 1. The van der Waals surface area contributed by atoms with Crippen molar-refractivity contribution >= 4 is 29.0 Å². The van der Waals surface area contributed by atoms with Gasteiger partial charge >= 0.3 is 0 Å². The van der Waals surface area contributed by atoms with Crippen LogP contribution in [0, 0.1) is 6.92 Å². The average Bonchev–Trinajstić information content (AvgIpc) is 3.38. The Morgan fingerprint density at radius 1 is 0.970 bits per heavy atom. The summed E-state index contributed by atoms with van der Waals surface area (Å²) in [5, 5.41) is -0.253. The van der Waals surface area contributed by atoms with Gasteiger partial charge in [0.2, 0.25) is 6.79 Å². The summed E-state index contributed by atoms with van der Waals surface area (Å²) < 4.78 is 16.6. The van der Waals surface area contributed by atoms with Gasteiger partial charge in [0.1, 0.15) is 12.4 Å². The maximum atomic E-state index is 12.8. The van der Waals surface area contributed by atoms with Crippen LogP contribution in [0.3, 0.4) is 0 Å². The van der Waals surface area contributed by atoms with Crippen LogP contribution >= 0.6 is 11.8 Å². The van der Waals surface area contributed by atoms with E-state index in [1.165, 1.54) is 4.90 Å². The number of benzene rings is 3. The molecule has 5 rings (SSSR count). The van der Waals surface area contributed by atoms with Crippen LogP contribution in [0.2, 0.25) is 0 Å². The van der Waals surface area contributed by atoms with Gasteiger partial charge in [-0.1, -0.05) is 48.0 Å². The van der Waals surface area contributed by atoms with E-state index in [1.807, 2.05) is 73.7 Å². The lowest BCUT2D eigenvalue weighted by Gasteiger charge is -2.12. The van der Waals surface area contributed by atoms with E-state index in [-0.39, 0.29) is 24.5 Å². The third-order valence-corrected chi connectivity index (χ3v) is 6.22. The van der Waals surface area contributed by atoms with Crippen molar-refractivity contribution in [2.45, 2.75) is 20.1 Å². The number of hydrogen-bond acceptors (Lipinski definition) is 6. The molecule has 0 unspecified atom stereocenters. The minimum atomic E-state index is -0.269. The molecule has 1 fully saturated rings. The Hall–Kier alpha value is -3.71. The molecule has 7 heteroatoms. The van der Waals surface area contributed by atoms with Crippen LogP contribution in [0.5, 0.6) is 17.2 Å². The number of hydrogen-bond donors (Lipinski definition) is 0. The van der Waals surface area contributed by atoms with Crippen molar-refractivity contribution in [1.82, 2.24) is 4.90 Å². The molecule has 2 amide bonds. The largest absolute Gasteiger partial charge is 0.489 e. The average molecular weight is 460 g/mol. The third kappa shape index (κ3) is 4.73. The molecule has 3 aromatic carbocycles. The van der Waals surface area contributed by atoms with Gasteiger partial charge in [-0.15, -0.1) is 0 Å². The Bertz CT molecular complexity index is 1250. The lowest BCUT2D eigenvalue weighted by Crippen LogP contribution is -2.27. The molecule has 33 heavy (non-hydrogen) atoms. The third-order valence-electron chi connectivity index (χ3n) is 5.32. The zero-order valence-corrected chi connectivity index (χ0v) is 18.8. The molecule has 0 bridgehead atoms. The van der Waals surface area contributed by atoms with Gasteiger partial charge in [0.05, 0.1) is 11.4 Å². The molecule has 0 saturated carbocycles. The zero-order valence-electron chi connectivity index (χ0n) is 17.9. The Kier molecular flexibility index (Phi) is 5.79. The fourth-order valence-corrected chi connectivity index (χ4v) is 4.48. The number of fused-ring (bicyclic) bond motifs is 1. The van der Waals surface area contributed by atoms with Crippen molar-refractivity contribution in [3.63, 3.8) is 0 Å². The summed E-state index contributed by atoms with van der Waals surface area (Å²) in [5.41, 5.74) is 3.83. The highest BCUT2D eigenvalue weighted by molar-refractivity contribution is 8.18. The highest BCUT2D eigenvalue weighted by Gasteiger charge is 2.34. The topological polar surface area (TPSA) is 65.1 Å². The molecule has 1 saturated heterocycles. The van der Waals surface area contributed by atoms with Crippen LogP contribution in [0.15, 0.2) is 71.6 Å². The van der Waals surface area contributed by atoms with E-state index in [1.54, 1.807) is 6.08 Å². The lowest BCUT2D eigenvalue weighted by atomic mass is 10.1. The fraction of sp³-hybridized carbons (Fsp3) is 0.154. The van der Waals surface area contributed by atoms with E-state index in [4.69, 9.17) is 14.2 Å². The summed E-state index contributed by atoms with van der Waals surface area (Å²) >= 11 is 0.967. The Balaban J connectivity index is 1.22. The molecule has 166 valence electrons. The number of amides is 2. The molecule has 0 radical (unpaired) electrons. The van der Waals surface area contributed by atoms with E-state index in [9.17, 15) is 9.59 Å². The van der Waals surface area contributed by atoms with Crippen molar-refractivity contribution in [1.29, 1.82) is 0 Å². The fourth-order valence-electron chi connectivity index (χ4n) is 3.64. The van der Waals surface area contributed by atoms with Gasteiger partial charge in [-0.3, -0.25) is 14.5 Å². The molecule has 6 nitrogen and oxygen atoms in total. The van der Waals surface area contributed by atoms with Crippen molar-refractivity contribution in [3.05, 3.63) is 93.9 Å². The predicted molar refractivity (Wildman–Crippen MR) is 126 cm³/mol. The second kappa shape index (κ2) is 9.03. The monoisotopic (exact) mass is 459 g/mol. The van der Waals surface area contributed by atoms with Crippen LogP contribution in [0.1, 0.15) is 22.3 Å². The molecule has 2 aliphatic heterocycles. The van der Waals surface area contributed by atoms with Gasteiger partial charge in [0.15, 0.2) is 11.5 Å². The SMILES string of the molecule is Cc1cccc(CN2C(=O)S/C(=C\c3ccc(OCc4ccc5c(c4)OCO5)cc3)C2=O)c1. The molecule has 0 spiro atoms. The second-order valence-corrected chi connectivity index (χ2v) is 8.80. The van der Waals surface area contributed by atoms with E-state index < -0.39 is 0 Å². The van der Waals surface area contributed by atoms with E-state index in [0.29, 0.717) is 17.3 Å². The zero-order chi connectivity index (χ0) is 22.8. The molecule has 0 N–H and O–H groups in total. The summed E-state index contributed by atoms with van der Waals surface area (Å²) in [4.78, 5) is 26.9. The number of nitrogens with zero attached hydrogens (tertiary/aromatic N) is 1. The van der Waals surface area contributed by atoms with Gasteiger partial charge in [-0.2, -0.15) is 0 Å². The smallest absolute Gasteiger partial charge is 0.293 e. The summed E-state index contributed by atoms with van der Waals surface area (Å²) in [7, 11) is 0. The highest BCUT2D eigenvalue weighted by Crippen LogP contribution is 2.34. The number of carbonyl (C=O) groups is 2. The second-order valence-electron chi connectivity index (χ2n) is 7.80. The van der Waals surface area contributed by atoms with Crippen LogP contribution in [0.4, 0.5) is 4.79 Å². The molecular formula is C26H21NO5S. The van der Waals surface area contributed by atoms with Gasteiger partial charge in [-0.25, -0.2) is 0 Å². The van der Waals surface area contributed by atoms with Crippen molar-refractivity contribution in [2.24, 2.45) is 0 Å². The summed E-state index contributed by atoms with van der Waals surface area (Å²) in [6, 6.07) is 20.9. The molecule has 0 aliphatic carbocycles. The first-order chi connectivity index (χ1) is 16.0. The molecule has 0 aromatic heterocycles. The van der Waals surface area contributed by atoms with E-state index in [2.05, 4.69) is 0 Å². The van der Waals surface area contributed by atoms with Crippen molar-refractivity contribution in [3.8, 4) is 17.2 Å². The lowest BCUT2D eigenvalue weighted by molar-refractivity contribution is -0.123. The quantitative estimate of drug-likeness (QED) is 0.451. The van der Waals surface area contributed by atoms with Gasteiger partial charge in [0.25, 0.3) is 11.1 Å². The first kappa shape index (κ1) is 21.2. The minimum Gasteiger partial charge on any atom is -0.489 e. The maximum Gasteiger partial charge on any atom is 0.293 e. The molecule has 2 aliphatic rings. The van der Waals surface area contributed by atoms with Crippen LogP contribution in [-0.4, -0.2) is 22.8 Å². The van der Waals surface area contributed by atoms with Crippen molar-refractivity contribution < 1.29 is 23.8 Å². The van der Waals surface area contributed by atoms with E-state index in [0.717, 1.165) is 45.5 Å². The Morgan fingerprint density at radius 3 is 2.61 bits per heavy atom. The van der Waals surface area contributed by atoms with Gasteiger partial charge in [0, 0.05) is 0 Å². The van der Waals surface area contributed by atoms with E-state index >= 15 is 0 Å². The minimum absolute atomic E-state index is 0.243. The predicted octanol–water partition coefficient (Wildman–Crippen LogP) is 5.54. The summed E-state index contributed by atoms with van der Waals surface area (Å²) in [6.45, 7) is 2.90. The van der Waals surface area contributed by atoms with Crippen LogP contribution in [0.25, 0.3) is 6.08 Å². The normalized spacial score (nSPS) is 16.0. The number of rotatable bonds is 6. The number of carbonyl (C=O) groups excluding carboxylic acids is 2. The number of ether oxygens (including phenoxy) is 3. The van der Waals surface area contributed by atoms with Gasteiger partial charge in [-0.05, 0) is 65.7 Å². The first-order valence-electron chi connectivity index (χ1n) is 10.5. The Morgan fingerprint density at radius 2 is 1.79 bits per heavy atom. The molecule has 0 atom stereocenters. The highest BCUT2D eigenvalue weighted by atomic mass is 32.2. The first-order valence-corrected chi connectivity index (χ1v) is 11.3. The number of imide groups is 1. The van der Waals surface area contributed by atoms with Crippen LogP contribution in [-0.2, 0) is 17.9 Å². The molecule has 3 aromatic rings. The summed E-state index contributed by atoms with van der Waals surface area (Å²) in [5.74, 6) is 1.90. The standard InChI is InChI=1S/C26H21NO5S/c1-17-3-2-4-19(11-17)14-27-25(28)24(33-26(27)29)13-18-5-8-21(9-6-18)30-15-20-7-10-22-23(12-20)32-16-31-22/h2-13H,14-16H2,1H3/b24-13-. The van der Waals surface area contributed by atoms with Gasteiger partial charge < -0.3 is 14.2 Å². The number of aryl methyl sites for hydroxylation is 1. The molecular weight excluding hydrogens is 438 g/mol. The van der Waals surface area contributed by atoms with Crippen LogP contribution < -0.4 is 14.2 Å². The van der Waals surface area contributed by atoms with Crippen molar-refractivity contribution in [2.75, 3.05) is 6.79 Å². The maximum absolute atomic E-state index is 12.8. The summed E-state index contributed by atoms with van der Waals surface area (Å²) in [6.07, 6.45) is 1.74.